The summed E-state index contributed by atoms with van der Waals surface area (Å²) in [5, 5.41) is 11.7. The average Bonchev–Trinajstić information content (AvgIpc) is 2.39. The fourth-order valence-electron chi connectivity index (χ4n) is 1.56. The Hall–Kier alpha value is -2.94. The van der Waals surface area contributed by atoms with E-state index in [0.717, 1.165) is 5.56 Å². The van der Waals surface area contributed by atoms with E-state index in [1.807, 2.05) is 0 Å². The van der Waals surface area contributed by atoms with Crippen LogP contribution in [-0.4, -0.2) is 15.9 Å². The zero-order chi connectivity index (χ0) is 13.8. The summed E-state index contributed by atoms with van der Waals surface area (Å²) >= 11 is 0. The third-order valence-corrected chi connectivity index (χ3v) is 2.54. The van der Waals surface area contributed by atoms with Crippen LogP contribution in [-0.2, 0) is 0 Å². The van der Waals surface area contributed by atoms with Crippen molar-refractivity contribution in [2.75, 3.05) is 11.1 Å². The van der Waals surface area contributed by atoms with Crippen molar-refractivity contribution >= 4 is 17.4 Å². The van der Waals surface area contributed by atoms with Crippen molar-refractivity contribution in [2.24, 2.45) is 0 Å². The maximum absolute atomic E-state index is 11.9. The normalized spacial score (nSPS) is 9.68. The molecule has 3 N–H and O–H groups in total. The van der Waals surface area contributed by atoms with Gasteiger partial charge in [0.05, 0.1) is 23.6 Å². The standard InChI is InChI=1S/C13H11N5O/c1-8-3-2-4-10(9(8)5-14)18-13(19)11-6-17-12(15)7-16-11/h2-4,6-7H,1H3,(H2,15,17)(H,18,19). The number of nitrogen functional groups attached to an aromatic ring is 1. The third-order valence-electron chi connectivity index (χ3n) is 2.54. The topological polar surface area (TPSA) is 105 Å². The fraction of sp³-hybridized carbons (Fsp3) is 0.0769. The van der Waals surface area contributed by atoms with Crippen LogP contribution in [0.4, 0.5) is 11.5 Å². The van der Waals surface area contributed by atoms with Crippen molar-refractivity contribution in [2.45, 2.75) is 6.92 Å². The van der Waals surface area contributed by atoms with Gasteiger partial charge in [0.2, 0.25) is 0 Å². The lowest BCUT2D eigenvalue weighted by Gasteiger charge is -2.08. The van der Waals surface area contributed by atoms with E-state index < -0.39 is 5.91 Å². The molecule has 1 amide bonds. The predicted molar refractivity (Wildman–Crippen MR) is 70.3 cm³/mol. The summed E-state index contributed by atoms with van der Waals surface area (Å²) in [4.78, 5) is 19.6. The van der Waals surface area contributed by atoms with Gasteiger partial charge >= 0.3 is 0 Å². The Balaban J connectivity index is 2.27. The molecule has 1 aromatic heterocycles. The molecular weight excluding hydrogens is 242 g/mol. The van der Waals surface area contributed by atoms with Gasteiger partial charge in [0.1, 0.15) is 17.6 Å². The number of rotatable bonds is 2. The number of amides is 1. The number of nitrogens with zero attached hydrogens (tertiary/aromatic N) is 3. The number of aromatic nitrogens is 2. The molecule has 0 atom stereocenters. The second-order valence-electron chi connectivity index (χ2n) is 3.89. The molecule has 0 saturated heterocycles. The van der Waals surface area contributed by atoms with E-state index >= 15 is 0 Å². The van der Waals surface area contributed by atoms with E-state index in [0.29, 0.717) is 11.3 Å². The summed E-state index contributed by atoms with van der Waals surface area (Å²) in [5.74, 6) is -0.195. The lowest BCUT2D eigenvalue weighted by atomic mass is 10.1. The Morgan fingerprint density at radius 1 is 1.37 bits per heavy atom. The van der Waals surface area contributed by atoms with Gasteiger partial charge in [-0.25, -0.2) is 9.97 Å². The van der Waals surface area contributed by atoms with Gasteiger partial charge in [-0.2, -0.15) is 5.26 Å². The molecule has 6 heteroatoms. The Morgan fingerprint density at radius 3 is 2.79 bits per heavy atom. The van der Waals surface area contributed by atoms with Gasteiger partial charge < -0.3 is 11.1 Å². The quantitative estimate of drug-likeness (QED) is 0.843. The molecular formula is C13H11N5O. The minimum absolute atomic E-state index is 0.139. The van der Waals surface area contributed by atoms with Crippen LogP contribution in [0, 0.1) is 18.3 Å². The monoisotopic (exact) mass is 253 g/mol. The number of carbonyl (C=O) groups is 1. The summed E-state index contributed by atoms with van der Waals surface area (Å²) in [6.07, 6.45) is 2.59. The van der Waals surface area contributed by atoms with Crippen LogP contribution >= 0.6 is 0 Å². The summed E-state index contributed by atoms with van der Waals surface area (Å²) in [5.41, 5.74) is 7.21. The lowest BCUT2D eigenvalue weighted by molar-refractivity contribution is 0.102. The molecule has 0 aliphatic carbocycles. The van der Waals surface area contributed by atoms with Crippen molar-refractivity contribution in [3.63, 3.8) is 0 Å². The fourth-order valence-corrected chi connectivity index (χ4v) is 1.56. The zero-order valence-electron chi connectivity index (χ0n) is 10.2. The third kappa shape index (κ3) is 2.66. The van der Waals surface area contributed by atoms with Gasteiger partial charge in [-0.1, -0.05) is 12.1 Å². The van der Waals surface area contributed by atoms with Gasteiger partial charge in [0.15, 0.2) is 0 Å². The molecule has 2 aromatic rings. The van der Waals surface area contributed by atoms with Crippen LogP contribution in [0.25, 0.3) is 0 Å². The van der Waals surface area contributed by atoms with Crippen LogP contribution in [0.15, 0.2) is 30.6 Å². The van der Waals surface area contributed by atoms with Crippen LogP contribution < -0.4 is 11.1 Å². The summed E-state index contributed by atoms with van der Waals surface area (Å²) in [6.45, 7) is 1.80. The Kier molecular flexibility index (Phi) is 3.39. The highest BCUT2D eigenvalue weighted by atomic mass is 16.1. The van der Waals surface area contributed by atoms with Crippen molar-refractivity contribution in [1.29, 1.82) is 5.26 Å². The number of anilines is 2. The molecule has 0 spiro atoms. The maximum Gasteiger partial charge on any atom is 0.275 e. The van der Waals surface area contributed by atoms with Gasteiger partial charge in [-0.3, -0.25) is 4.79 Å². The molecule has 1 aromatic carbocycles. The highest BCUT2D eigenvalue weighted by Crippen LogP contribution is 2.18. The predicted octanol–water partition coefficient (Wildman–Crippen LogP) is 1.49. The van der Waals surface area contributed by atoms with Crippen molar-refractivity contribution in [3.8, 4) is 6.07 Å². The molecule has 0 aliphatic heterocycles. The minimum atomic E-state index is -0.436. The van der Waals surface area contributed by atoms with E-state index in [4.69, 9.17) is 11.0 Å². The van der Waals surface area contributed by atoms with E-state index in [1.54, 1.807) is 25.1 Å². The molecule has 6 nitrogen and oxygen atoms in total. The van der Waals surface area contributed by atoms with E-state index in [2.05, 4.69) is 21.4 Å². The number of benzene rings is 1. The molecule has 94 valence electrons. The molecule has 19 heavy (non-hydrogen) atoms. The van der Waals surface area contributed by atoms with Gasteiger partial charge in [0, 0.05) is 0 Å². The molecule has 2 rings (SSSR count). The highest BCUT2D eigenvalue weighted by Gasteiger charge is 2.11. The van der Waals surface area contributed by atoms with Crippen molar-refractivity contribution in [1.82, 2.24) is 9.97 Å². The molecule has 1 heterocycles. The first kappa shape index (κ1) is 12.5. The smallest absolute Gasteiger partial charge is 0.275 e. The second kappa shape index (κ2) is 5.14. The van der Waals surface area contributed by atoms with Crippen molar-refractivity contribution in [3.05, 3.63) is 47.4 Å². The van der Waals surface area contributed by atoms with Crippen LogP contribution in [0.5, 0.6) is 0 Å². The number of aryl methyl sites for hydroxylation is 1. The van der Waals surface area contributed by atoms with Gasteiger partial charge in [0.25, 0.3) is 5.91 Å². The molecule has 0 aliphatic rings. The first-order valence-corrected chi connectivity index (χ1v) is 5.50. The average molecular weight is 253 g/mol. The number of nitrogens with one attached hydrogen (secondary N) is 1. The minimum Gasteiger partial charge on any atom is -0.382 e. The highest BCUT2D eigenvalue weighted by molar-refractivity contribution is 6.03. The maximum atomic E-state index is 11.9. The Morgan fingerprint density at radius 2 is 2.16 bits per heavy atom. The van der Waals surface area contributed by atoms with E-state index in [1.165, 1.54) is 12.4 Å². The number of hydrogen-bond donors (Lipinski definition) is 2. The molecule has 0 fully saturated rings. The number of carbonyl (C=O) groups excluding carboxylic acids is 1. The van der Waals surface area contributed by atoms with E-state index in [-0.39, 0.29) is 11.5 Å². The first-order chi connectivity index (χ1) is 9.11. The largest absolute Gasteiger partial charge is 0.382 e. The second-order valence-corrected chi connectivity index (χ2v) is 3.89. The molecule has 0 saturated carbocycles. The first-order valence-electron chi connectivity index (χ1n) is 5.50. The van der Waals surface area contributed by atoms with Crippen LogP contribution in [0.2, 0.25) is 0 Å². The molecule has 0 bridgehead atoms. The summed E-state index contributed by atoms with van der Waals surface area (Å²) in [7, 11) is 0. The van der Waals surface area contributed by atoms with Crippen LogP contribution in [0.1, 0.15) is 21.6 Å². The van der Waals surface area contributed by atoms with Gasteiger partial charge in [-0.05, 0) is 18.6 Å². The Bertz CT molecular complexity index is 658. The lowest BCUT2D eigenvalue weighted by Crippen LogP contribution is -2.15. The number of nitriles is 1. The summed E-state index contributed by atoms with van der Waals surface area (Å²) < 4.78 is 0. The number of hydrogen-bond acceptors (Lipinski definition) is 5. The molecule has 0 unspecified atom stereocenters. The molecule has 0 radical (unpaired) electrons. The zero-order valence-corrected chi connectivity index (χ0v) is 10.2. The number of nitrogens with two attached hydrogens (primary N) is 1. The Labute approximate surface area is 109 Å². The van der Waals surface area contributed by atoms with Gasteiger partial charge in [-0.15, -0.1) is 0 Å². The van der Waals surface area contributed by atoms with Crippen LogP contribution in [0.3, 0.4) is 0 Å². The van der Waals surface area contributed by atoms with Crippen molar-refractivity contribution < 1.29 is 4.79 Å². The van der Waals surface area contributed by atoms with E-state index in [9.17, 15) is 4.79 Å². The summed E-state index contributed by atoms with van der Waals surface area (Å²) in [6, 6.07) is 7.29. The SMILES string of the molecule is Cc1cccc(NC(=O)c2cnc(N)cn2)c1C#N.